The zero-order valence-corrected chi connectivity index (χ0v) is 20.1. The number of nitrogens with zero attached hydrogens (tertiary/aromatic N) is 1. The van der Waals surface area contributed by atoms with Crippen molar-refractivity contribution in [3.8, 4) is 5.75 Å². The zero-order chi connectivity index (χ0) is 24.0. The summed E-state index contributed by atoms with van der Waals surface area (Å²) in [5, 5.41) is 6.20. The van der Waals surface area contributed by atoms with Gasteiger partial charge in [-0.1, -0.05) is 12.1 Å². The van der Waals surface area contributed by atoms with Gasteiger partial charge in [0.25, 0.3) is 5.91 Å². The molecule has 2 heterocycles. The van der Waals surface area contributed by atoms with Crippen molar-refractivity contribution in [3.05, 3.63) is 48.0 Å². The van der Waals surface area contributed by atoms with Gasteiger partial charge in [0, 0.05) is 26.2 Å². The summed E-state index contributed by atoms with van der Waals surface area (Å²) >= 11 is 0. The van der Waals surface area contributed by atoms with Gasteiger partial charge in [0.2, 0.25) is 10.0 Å². The van der Waals surface area contributed by atoms with Gasteiger partial charge in [0.15, 0.2) is 0 Å². The second kappa shape index (κ2) is 11.2. The fraction of sp³-hybridized carbons (Fsp3) is 0.458. The molecular formula is C24H31N3O6S. The Labute approximate surface area is 200 Å². The number of hydrogen-bond donors (Lipinski definition) is 2. The molecule has 0 aromatic heterocycles. The molecule has 0 radical (unpaired) electrons. The van der Waals surface area contributed by atoms with E-state index in [2.05, 4.69) is 10.6 Å². The van der Waals surface area contributed by atoms with Crippen molar-refractivity contribution in [1.82, 2.24) is 4.31 Å². The number of carbonyl (C=O) groups excluding carboxylic acids is 1. The Kier molecular flexibility index (Phi) is 8.04. The number of carbonyl (C=O) groups is 1. The van der Waals surface area contributed by atoms with Crippen molar-refractivity contribution in [1.29, 1.82) is 0 Å². The highest BCUT2D eigenvalue weighted by molar-refractivity contribution is 7.89. The minimum Gasteiger partial charge on any atom is -0.493 e. The molecule has 2 aliphatic heterocycles. The van der Waals surface area contributed by atoms with Gasteiger partial charge in [-0.05, 0) is 50.1 Å². The molecule has 34 heavy (non-hydrogen) atoms. The van der Waals surface area contributed by atoms with E-state index >= 15 is 0 Å². The average molecular weight is 490 g/mol. The number of benzene rings is 2. The van der Waals surface area contributed by atoms with Gasteiger partial charge in [0.05, 0.1) is 47.8 Å². The number of morpholine rings is 1. The molecule has 2 aromatic carbocycles. The summed E-state index contributed by atoms with van der Waals surface area (Å²) in [4.78, 5) is 13.3. The number of sulfonamides is 1. The van der Waals surface area contributed by atoms with Crippen LogP contribution >= 0.6 is 0 Å². The number of amides is 1. The van der Waals surface area contributed by atoms with Crippen molar-refractivity contribution in [3.63, 3.8) is 0 Å². The van der Waals surface area contributed by atoms with E-state index in [4.69, 9.17) is 14.2 Å². The van der Waals surface area contributed by atoms with Gasteiger partial charge in [-0.15, -0.1) is 0 Å². The van der Waals surface area contributed by atoms with Gasteiger partial charge < -0.3 is 24.8 Å². The van der Waals surface area contributed by atoms with Crippen LogP contribution in [0.25, 0.3) is 0 Å². The standard InChI is InChI=1S/C24H31N3O6S/c1-2-32-23-8-4-3-7-20(23)24(28)26-22-16-19(34(29,30)27-11-14-31-15-12-27)9-10-21(22)25-17-18-6-5-13-33-18/h3-4,7-10,16,18,25H,2,5-6,11-15,17H2,1H3,(H,26,28). The lowest BCUT2D eigenvalue weighted by Gasteiger charge is -2.26. The number of anilines is 2. The Morgan fingerprint density at radius 1 is 1.12 bits per heavy atom. The maximum atomic E-state index is 13.2. The van der Waals surface area contributed by atoms with Gasteiger partial charge in [-0.2, -0.15) is 4.31 Å². The van der Waals surface area contributed by atoms with Crippen LogP contribution in [0.5, 0.6) is 5.75 Å². The fourth-order valence-corrected chi connectivity index (χ4v) is 5.47. The molecule has 2 aliphatic rings. The largest absolute Gasteiger partial charge is 0.493 e. The third-order valence-electron chi connectivity index (χ3n) is 5.82. The Bertz CT molecular complexity index is 1100. The summed E-state index contributed by atoms with van der Waals surface area (Å²) in [6.07, 6.45) is 2.06. The second-order valence-corrected chi connectivity index (χ2v) is 10.1. The first kappa shape index (κ1) is 24.5. The van der Waals surface area contributed by atoms with Crippen molar-refractivity contribution < 1.29 is 27.4 Å². The summed E-state index contributed by atoms with van der Waals surface area (Å²) in [6, 6.07) is 11.7. The minimum atomic E-state index is -3.72. The molecule has 0 spiro atoms. The molecule has 0 aliphatic carbocycles. The van der Waals surface area contributed by atoms with Crippen LogP contribution in [0.2, 0.25) is 0 Å². The van der Waals surface area contributed by atoms with Crippen molar-refractivity contribution in [2.24, 2.45) is 0 Å². The molecule has 184 valence electrons. The lowest BCUT2D eigenvalue weighted by Crippen LogP contribution is -2.40. The van der Waals surface area contributed by atoms with Crippen LogP contribution in [-0.4, -0.2) is 70.8 Å². The second-order valence-electron chi connectivity index (χ2n) is 8.12. The quantitative estimate of drug-likeness (QED) is 0.558. The summed E-state index contributed by atoms with van der Waals surface area (Å²) in [6.45, 7) is 4.88. The van der Waals surface area contributed by atoms with E-state index in [0.29, 0.717) is 62.1 Å². The topological polar surface area (TPSA) is 106 Å². The predicted octanol–water partition coefficient (Wildman–Crippen LogP) is 2.95. The van der Waals surface area contributed by atoms with Gasteiger partial charge in [-0.3, -0.25) is 4.79 Å². The number of rotatable bonds is 9. The van der Waals surface area contributed by atoms with E-state index in [9.17, 15) is 13.2 Å². The van der Waals surface area contributed by atoms with E-state index in [-0.39, 0.29) is 16.9 Å². The third kappa shape index (κ3) is 5.69. The molecule has 10 heteroatoms. The number of ether oxygens (including phenoxy) is 3. The Morgan fingerprint density at radius 3 is 2.65 bits per heavy atom. The third-order valence-corrected chi connectivity index (χ3v) is 7.72. The summed E-state index contributed by atoms with van der Waals surface area (Å²) < 4.78 is 44.4. The molecular weight excluding hydrogens is 458 g/mol. The van der Waals surface area contributed by atoms with Crippen LogP contribution < -0.4 is 15.4 Å². The van der Waals surface area contributed by atoms with Crippen LogP contribution in [0.3, 0.4) is 0 Å². The highest BCUT2D eigenvalue weighted by atomic mass is 32.2. The number of para-hydroxylation sites is 1. The Balaban J connectivity index is 1.62. The van der Waals surface area contributed by atoms with E-state index in [1.165, 1.54) is 10.4 Å². The minimum absolute atomic E-state index is 0.0824. The molecule has 1 unspecified atom stereocenters. The van der Waals surface area contributed by atoms with Gasteiger partial charge in [0.1, 0.15) is 5.75 Å². The average Bonchev–Trinajstić information content (AvgIpc) is 3.38. The van der Waals surface area contributed by atoms with E-state index in [1.807, 2.05) is 6.92 Å². The monoisotopic (exact) mass is 489 g/mol. The Morgan fingerprint density at radius 2 is 1.91 bits per heavy atom. The molecule has 2 N–H and O–H groups in total. The first-order chi connectivity index (χ1) is 16.5. The number of hydrogen-bond acceptors (Lipinski definition) is 7. The normalized spacial score (nSPS) is 19.0. The van der Waals surface area contributed by atoms with Crippen molar-refractivity contribution >= 4 is 27.3 Å². The molecule has 0 bridgehead atoms. The van der Waals surface area contributed by atoms with Crippen molar-refractivity contribution in [2.75, 3.05) is 56.7 Å². The maximum Gasteiger partial charge on any atom is 0.259 e. The van der Waals surface area contributed by atoms with Crippen molar-refractivity contribution in [2.45, 2.75) is 30.8 Å². The first-order valence-corrected chi connectivity index (χ1v) is 13.0. The van der Waals surface area contributed by atoms with E-state index < -0.39 is 10.0 Å². The fourth-order valence-electron chi connectivity index (χ4n) is 4.03. The highest BCUT2D eigenvalue weighted by Gasteiger charge is 2.27. The van der Waals surface area contributed by atoms with Gasteiger partial charge >= 0.3 is 0 Å². The van der Waals surface area contributed by atoms with Crippen LogP contribution in [0.1, 0.15) is 30.1 Å². The summed E-state index contributed by atoms with van der Waals surface area (Å²) in [7, 11) is -3.72. The molecule has 0 saturated carbocycles. The van der Waals surface area contributed by atoms with Crippen LogP contribution in [0, 0.1) is 0 Å². The SMILES string of the molecule is CCOc1ccccc1C(=O)Nc1cc(S(=O)(=O)N2CCOCC2)ccc1NCC1CCCO1. The Hall–Kier alpha value is -2.66. The van der Waals surface area contributed by atoms with Crippen LogP contribution in [0.15, 0.2) is 47.4 Å². The molecule has 2 aromatic rings. The smallest absolute Gasteiger partial charge is 0.259 e. The molecule has 9 nitrogen and oxygen atoms in total. The van der Waals surface area contributed by atoms with Crippen LogP contribution in [-0.2, 0) is 19.5 Å². The van der Waals surface area contributed by atoms with E-state index in [1.54, 1.807) is 36.4 Å². The predicted molar refractivity (Wildman–Crippen MR) is 129 cm³/mol. The molecule has 2 saturated heterocycles. The molecule has 2 fully saturated rings. The molecule has 1 amide bonds. The van der Waals surface area contributed by atoms with Gasteiger partial charge in [-0.25, -0.2) is 8.42 Å². The molecule has 4 rings (SSSR count). The first-order valence-electron chi connectivity index (χ1n) is 11.6. The lowest BCUT2D eigenvalue weighted by molar-refractivity contribution is 0.0730. The maximum absolute atomic E-state index is 13.2. The summed E-state index contributed by atoms with van der Waals surface area (Å²) in [5.41, 5.74) is 1.37. The lowest BCUT2D eigenvalue weighted by atomic mass is 10.1. The van der Waals surface area contributed by atoms with Crippen LogP contribution in [0.4, 0.5) is 11.4 Å². The van der Waals surface area contributed by atoms with E-state index in [0.717, 1.165) is 19.4 Å². The molecule has 1 atom stereocenters. The highest BCUT2D eigenvalue weighted by Crippen LogP contribution is 2.30. The summed E-state index contributed by atoms with van der Waals surface area (Å²) in [5.74, 6) is 0.0820. The zero-order valence-electron chi connectivity index (χ0n) is 19.3. The number of nitrogens with one attached hydrogen (secondary N) is 2.